The summed E-state index contributed by atoms with van der Waals surface area (Å²) in [5.41, 5.74) is 1.26. The molecule has 0 aromatic heterocycles. The van der Waals surface area contributed by atoms with Crippen LogP contribution in [0.25, 0.3) is 0 Å². The summed E-state index contributed by atoms with van der Waals surface area (Å²) in [6, 6.07) is 7.03. The van der Waals surface area contributed by atoms with Gasteiger partial charge in [-0.3, -0.25) is 0 Å². The van der Waals surface area contributed by atoms with Crippen LogP contribution in [-0.4, -0.2) is 38.9 Å². The standard InChI is InChI=1S/C17H26N2O2/c1-2-14-7-10-19(9-3-8-18-14)15-5-6-16-17(13-15)21-12-4-11-20-16/h5-6,13-14,18H,2-4,7-12H2,1H3. The van der Waals surface area contributed by atoms with E-state index in [0.717, 1.165) is 50.8 Å². The summed E-state index contributed by atoms with van der Waals surface area (Å²) in [5.74, 6) is 1.79. The highest BCUT2D eigenvalue weighted by Gasteiger charge is 2.17. The molecule has 1 unspecified atom stereocenters. The first-order valence-electron chi connectivity index (χ1n) is 8.25. The summed E-state index contributed by atoms with van der Waals surface area (Å²) in [4.78, 5) is 2.48. The van der Waals surface area contributed by atoms with Gasteiger partial charge in [0.15, 0.2) is 11.5 Å². The zero-order valence-electron chi connectivity index (χ0n) is 12.9. The molecule has 0 radical (unpaired) electrons. The number of anilines is 1. The molecule has 0 saturated carbocycles. The van der Waals surface area contributed by atoms with Gasteiger partial charge in [-0.05, 0) is 37.9 Å². The van der Waals surface area contributed by atoms with Crippen LogP contribution in [0.15, 0.2) is 18.2 Å². The fraction of sp³-hybridized carbons (Fsp3) is 0.647. The van der Waals surface area contributed by atoms with Crippen molar-refractivity contribution in [1.29, 1.82) is 0 Å². The quantitative estimate of drug-likeness (QED) is 0.908. The van der Waals surface area contributed by atoms with Gasteiger partial charge >= 0.3 is 0 Å². The number of nitrogens with one attached hydrogen (secondary N) is 1. The van der Waals surface area contributed by atoms with Gasteiger partial charge in [0.05, 0.1) is 13.2 Å². The van der Waals surface area contributed by atoms with Crippen molar-refractivity contribution in [2.75, 3.05) is 37.7 Å². The third kappa shape index (κ3) is 3.62. The minimum Gasteiger partial charge on any atom is -0.490 e. The molecule has 0 spiro atoms. The molecule has 116 valence electrons. The third-order valence-electron chi connectivity index (χ3n) is 4.37. The van der Waals surface area contributed by atoms with E-state index < -0.39 is 0 Å². The normalized spacial score (nSPS) is 23.1. The van der Waals surface area contributed by atoms with Crippen LogP contribution in [0.4, 0.5) is 5.69 Å². The van der Waals surface area contributed by atoms with Crippen LogP contribution in [0.5, 0.6) is 11.5 Å². The van der Waals surface area contributed by atoms with Gasteiger partial charge in [-0.25, -0.2) is 0 Å². The first kappa shape index (κ1) is 14.5. The van der Waals surface area contributed by atoms with Crippen LogP contribution in [0, 0.1) is 0 Å². The fourth-order valence-corrected chi connectivity index (χ4v) is 3.06. The van der Waals surface area contributed by atoms with Crippen LogP contribution in [0.3, 0.4) is 0 Å². The van der Waals surface area contributed by atoms with Gasteiger partial charge in [-0.1, -0.05) is 6.92 Å². The van der Waals surface area contributed by atoms with E-state index in [1.807, 2.05) is 0 Å². The van der Waals surface area contributed by atoms with E-state index in [1.54, 1.807) is 0 Å². The Morgan fingerprint density at radius 1 is 1.14 bits per heavy atom. The largest absolute Gasteiger partial charge is 0.490 e. The van der Waals surface area contributed by atoms with Crippen molar-refractivity contribution in [3.63, 3.8) is 0 Å². The molecule has 1 N–H and O–H groups in total. The molecule has 1 aromatic rings. The number of nitrogens with zero attached hydrogens (tertiary/aromatic N) is 1. The Bertz CT molecular complexity index is 464. The average molecular weight is 290 g/mol. The van der Waals surface area contributed by atoms with Crippen LogP contribution < -0.4 is 19.7 Å². The topological polar surface area (TPSA) is 33.7 Å². The second kappa shape index (κ2) is 7.03. The Morgan fingerprint density at radius 2 is 2.00 bits per heavy atom. The molecular weight excluding hydrogens is 264 g/mol. The van der Waals surface area contributed by atoms with Crippen LogP contribution >= 0.6 is 0 Å². The SMILES string of the molecule is CCC1CCN(c2ccc3c(c2)OCCCO3)CCCN1. The lowest BCUT2D eigenvalue weighted by Crippen LogP contribution is -2.39. The maximum absolute atomic E-state index is 5.81. The van der Waals surface area contributed by atoms with Gasteiger partial charge in [0.1, 0.15) is 0 Å². The average Bonchev–Trinajstić information content (AvgIpc) is 2.72. The van der Waals surface area contributed by atoms with Gasteiger partial charge in [-0.2, -0.15) is 0 Å². The van der Waals surface area contributed by atoms with Crippen molar-refractivity contribution >= 4 is 5.69 Å². The molecule has 0 amide bonds. The Labute approximate surface area is 127 Å². The first-order chi connectivity index (χ1) is 10.4. The van der Waals surface area contributed by atoms with E-state index in [2.05, 4.69) is 35.3 Å². The van der Waals surface area contributed by atoms with Gasteiger partial charge in [0, 0.05) is 37.3 Å². The lowest BCUT2D eigenvalue weighted by molar-refractivity contribution is 0.297. The Hall–Kier alpha value is -1.42. The second-order valence-corrected chi connectivity index (χ2v) is 5.87. The maximum atomic E-state index is 5.81. The molecule has 2 heterocycles. The molecule has 0 bridgehead atoms. The highest BCUT2D eigenvalue weighted by atomic mass is 16.5. The minimum atomic E-state index is 0.646. The molecule has 1 fully saturated rings. The molecule has 2 aliphatic heterocycles. The molecule has 3 rings (SSSR count). The number of rotatable bonds is 2. The summed E-state index contributed by atoms with van der Waals surface area (Å²) in [5, 5.41) is 3.63. The smallest absolute Gasteiger partial charge is 0.163 e. The van der Waals surface area contributed by atoms with E-state index in [9.17, 15) is 0 Å². The zero-order valence-corrected chi connectivity index (χ0v) is 12.9. The van der Waals surface area contributed by atoms with Crippen LogP contribution in [0.1, 0.15) is 32.6 Å². The van der Waals surface area contributed by atoms with Crippen molar-refractivity contribution < 1.29 is 9.47 Å². The van der Waals surface area contributed by atoms with Crippen molar-refractivity contribution in [2.24, 2.45) is 0 Å². The number of benzene rings is 1. The summed E-state index contributed by atoms with van der Waals surface area (Å²) >= 11 is 0. The second-order valence-electron chi connectivity index (χ2n) is 5.87. The van der Waals surface area contributed by atoms with Crippen LogP contribution in [0.2, 0.25) is 0 Å². The molecular formula is C17H26N2O2. The Balaban J connectivity index is 1.74. The number of hydrogen-bond donors (Lipinski definition) is 1. The van der Waals surface area contributed by atoms with E-state index in [-0.39, 0.29) is 0 Å². The van der Waals surface area contributed by atoms with Gasteiger partial charge in [-0.15, -0.1) is 0 Å². The Kier molecular flexibility index (Phi) is 4.86. The van der Waals surface area contributed by atoms with E-state index in [0.29, 0.717) is 6.04 Å². The minimum absolute atomic E-state index is 0.646. The Morgan fingerprint density at radius 3 is 2.86 bits per heavy atom. The molecule has 1 saturated heterocycles. The van der Waals surface area contributed by atoms with E-state index in [1.165, 1.54) is 24.9 Å². The molecule has 4 nitrogen and oxygen atoms in total. The van der Waals surface area contributed by atoms with Crippen molar-refractivity contribution in [2.45, 2.75) is 38.6 Å². The highest BCUT2D eigenvalue weighted by molar-refractivity contribution is 5.56. The molecule has 4 heteroatoms. The molecule has 1 atom stereocenters. The summed E-state index contributed by atoms with van der Waals surface area (Å²) < 4.78 is 11.5. The van der Waals surface area contributed by atoms with Crippen LogP contribution in [-0.2, 0) is 0 Å². The summed E-state index contributed by atoms with van der Waals surface area (Å²) in [6.45, 7) is 7.07. The number of hydrogen-bond acceptors (Lipinski definition) is 4. The molecule has 0 aliphatic carbocycles. The van der Waals surface area contributed by atoms with E-state index in [4.69, 9.17) is 9.47 Å². The molecule has 2 aliphatic rings. The predicted octanol–water partition coefficient (Wildman–Crippen LogP) is 2.82. The van der Waals surface area contributed by atoms with Gasteiger partial charge < -0.3 is 19.7 Å². The summed E-state index contributed by atoms with van der Waals surface area (Å²) in [7, 11) is 0. The lowest BCUT2D eigenvalue weighted by Gasteiger charge is -2.30. The lowest BCUT2D eigenvalue weighted by atomic mass is 10.1. The van der Waals surface area contributed by atoms with Gasteiger partial charge in [0.2, 0.25) is 0 Å². The fourth-order valence-electron chi connectivity index (χ4n) is 3.06. The highest BCUT2D eigenvalue weighted by Crippen LogP contribution is 2.34. The zero-order chi connectivity index (χ0) is 14.5. The third-order valence-corrected chi connectivity index (χ3v) is 4.37. The van der Waals surface area contributed by atoms with Gasteiger partial charge in [0.25, 0.3) is 0 Å². The molecule has 1 aromatic carbocycles. The number of fused-ring (bicyclic) bond motifs is 1. The first-order valence-corrected chi connectivity index (χ1v) is 8.25. The van der Waals surface area contributed by atoms with E-state index >= 15 is 0 Å². The predicted molar refractivity (Wildman–Crippen MR) is 85.6 cm³/mol. The maximum Gasteiger partial charge on any atom is 0.163 e. The summed E-state index contributed by atoms with van der Waals surface area (Å²) in [6.07, 6.45) is 4.54. The molecule has 21 heavy (non-hydrogen) atoms. The van der Waals surface area contributed by atoms with Crippen molar-refractivity contribution in [1.82, 2.24) is 5.32 Å². The number of ether oxygens (including phenoxy) is 2. The monoisotopic (exact) mass is 290 g/mol. The van der Waals surface area contributed by atoms with Crippen molar-refractivity contribution in [3.8, 4) is 11.5 Å². The van der Waals surface area contributed by atoms with Crippen molar-refractivity contribution in [3.05, 3.63) is 18.2 Å².